The number of rotatable bonds is 5. The number of ether oxygens (including phenoxy) is 3. The SMILES string of the molecule is COCOc1cccnc1-c1ccc(OC)cc1F. The Morgan fingerprint density at radius 2 is 2.05 bits per heavy atom. The van der Waals surface area contributed by atoms with E-state index in [1.807, 2.05) is 0 Å². The Labute approximate surface area is 110 Å². The van der Waals surface area contributed by atoms with Crippen molar-refractivity contribution in [3.05, 3.63) is 42.3 Å². The largest absolute Gasteiger partial charge is 0.497 e. The monoisotopic (exact) mass is 263 g/mol. The standard InChI is InChI=1S/C14H14FNO3/c1-17-9-19-13-4-3-7-16-14(13)11-6-5-10(18-2)8-12(11)15/h3-8H,9H2,1-2H3. The number of hydrogen-bond donors (Lipinski definition) is 0. The fraction of sp³-hybridized carbons (Fsp3) is 0.214. The molecule has 100 valence electrons. The highest BCUT2D eigenvalue weighted by atomic mass is 19.1. The van der Waals surface area contributed by atoms with Crippen molar-refractivity contribution in [1.82, 2.24) is 4.98 Å². The lowest BCUT2D eigenvalue weighted by molar-refractivity contribution is 0.0513. The van der Waals surface area contributed by atoms with Crippen LogP contribution in [0.25, 0.3) is 11.3 Å². The Morgan fingerprint density at radius 3 is 2.74 bits per heavy atom. The summed E-state index contributed by atoms with van der Waals surface area (Å²) in [6, 6.07) is 8.02. The summed E-state index contributed by atoms with van der Waals surface area (Å²) in [6.45, 7) is 0.0798. The van der Waals surface area contributed by atoms with E-state index in [2.05, 4.69) is 4.98 Å². The Morgan fingerprint density at radius 1 is 1.21 bits per heavy atom. The van der Waals surface area contributed by atoms with Gasteiger partial charge in [0.2, 0.25) is 0 Å². The molecule has 0 fully saturated rings. The minimum absolute atomic E-state index is 0.0798. The molecule has 5 heteroatoms. The lowest BCUT2D eigenvalue weighted by Crippen LogP contribution is -2.01. The maximum Gasteiger partial charge on any atom is 0.188 e. The topological polar surface area (TPSA) is 40.6 Å². The van der Waals surface area contributed by atoms with Crippen molar-refractivity contribution in [3.8, 4) is 22.8 Å². The average molecular weight is 263 g/mol. The van der Waals surface area contributed by atoms with E-state index < -0.39 is 5.82 Å². The van der Waals surface area contributed by atoms with Gasteiger partial charge < -0.3 is 14.2 Å². The van der Waals surface area contributed by atoms with Crippen LogP contribution in [0.2, 0.25) is 0 Å². The third-order valence-electron chi connectivity index (χ3n) is 2.53. The molecule has 4 nitrogen and oxygen atoms in total. The summed E-state index contributed by atoms with van der Waals surface area (Å²) in [5.41, 5.74) is 0.784. The second-order valence-electron chi connectivity index (χ2n) is 3.75. The summed E-state index contributed by atoms with van der Waals surface area (Å²) < 4.78 is 29.2. The van der Waals surface area contributed by atoms with Gasteiger partial charge in [-0.1, -0.05) is 0 Å². The quantitative estimate of drug-likeness (QED) is 0.778. The fourth-order valence-electron chi connectivity index (χ4n) is 1.65. The highest BCUT2D eigenvalue weighted by Gasteiger charge is 2.13. The molecule has 0 aliphatic carbocycles. The van der Waals surface area contributed by atoms with E-state index in [0.29, 0.717) is 22.8 Å². The van der Waals surface area contributed by atoms with Crippen molar-refractivity contribution >= 4 is 0 Å². The zero-order valence-electron chi connectivity index (χ0n) is 10.7. The molecule has 0 saturated carbocycles. The number of methoxy groups -OCH3 is 2. The van der Waals surface area contributed by atoms with Crippen molar-refractivity contribution in [2.45, 2.75) is 0 Å². The van der Waals surface area contributed by atoms with Crippen LogP contribution in [0.3, 0.4) is 0 Å². The number of benzene rings is 1. The van der Waals surface area contributed by atoms with Crippen LogP contribution in [0.15, 0.2) is 36.5 Å². The number of hydrogen-bond acceptors (Lipinski definition) is 4. The number of halogens is 1. The van der Waals surface area contributed by atoms with Gasteiger partial charge in [-0.15, -0.1) is 0 Å². The normalized spacial score (nSPS) is 10.3. The summed E-state index contributed by atoms with van der Waals surface area (Å²) in [7, 11) is 3.01. The summed E-state index contributed by atoms with van der Waals surface area (Å²) in [6.07, 6.45) is 1.58. The molecule has 0 unspecified atom stereocenters. The molecular weight excluding hydrogens is 249 g/mol. The minimum atomic E-state index is -0.416. The van der Waals surface area contributed by atoms with Crippen LogP contribution in [-0.4, -0.2) is 26.0 Å². The molecule has 0 spiro atoms. The summed E-state index contributed by atoms with van der Waals surface area (Å²) in [5, 5.41) is 0. The van der Waals surface area contributed by atoms with E-state index in [1.54, 1.807) is 30.5 Å². The predicted octanol–water partition coefficient (Wildman–Crippen LogP) is 2.88. The first kappa shape index (κ1) is 13.3. The van der Waals surface area contributed by atoms with Gasteiger partial charge in [0, 0.05) is 24.9 Å². The highest BCUT2D eigenvalue weighted by molar-refractivity contribution is 5.67. The van der Waals surface area contributed by atoms with E-state index in [4.69, 9.17) is 14.2 Å². The van der Waals surface area contributed by atoms with E-state index >= 15 is 0 Å². The zero-order chi connectivity index (χ0) is 13.7. The lowest BCUT2D eigenvalue weighted by Gasteiger charge is -2.11. The molecule has 0 radical (unpaired) electrons. The van der Waals surface area contributed by atoms with Crippen LogP contribution < -0.4 is 9.47 Å². The summed E-state index contributed by atoms with van der Waals surface area (Å²) >= 11 is 0. The molecule has 0 aliphatic rings. The van der Waals surface area contributed by atoms with E-state index in [1.165, 1.54) is 20.3 Å². The van der Waals surface area contributed by atoms with Crippen LogP contribution in [-0.2, 0) is 4.74 Å². The van der Waals surface area contributed by atoms with Gasteiger partial charge in [0.25, 0.3) is 0 Å². The van der Waals surface area contributed by atoms with Crippen LogP contribution in [0, 0.1) is 5.82 Å². The second kappa shape index (κ2) is 6.15. The number of pyridine rings is 1. The van der Waals surface area contributed by atoms with Crippen molar-refractivity contribution in [1.29, 1.82) is 0 Å². The highest BCUT2D eigenvalue weighted by Crippen LogP contribution is 2.31. The maximum atomic E-state index is 14.0. The Kier molecular flexibility index (Phi) is 4.30. The Balaban J connectivity index is 2.40. The molecule has 2 rings (SSSR count). The van der Waals surface area contributed by atoms with Gasteiger partial charge in [0.15, 0.2) is 6.79 Å². The molecule has 0 N–H and O–H groups in total. The molecule has 1 heterocycles. The molecule has 0 saturated heterocycles. The van der Waals surface area contributed by atoms with Gasteiger partial charge in [0.05, 0.1) is 7.11 Å². The molecule has 1 aromatic carbocycles. The van der Waals surface area contributed by atoms with Crippen LogP contribution in [0.5, 0.6) is 11.5 Å². The molecule has 0 atom stereocenters. The number of aromatic nitrogens is 1. The summed E-state index contributed by atoms with van der Waals surface area (Å²) in [4.78, 5) is 4.16. The van der Waals surface area contributed by atoms with Gasteiger partial charge in [-0.25, -0.2) is 4.39 Å². The Hall–Kier alpha value is -2.14. The van der Waals surface area contributed by atoms with E-state index in [-0.39, 0.29) is 6.79 Å². The third kappa shape index (κ3) is 3.00. The zero-order valence-corrected chi connectivity index (χ0v) is 10.7. The van der Waals surface area contributed by atoms with Crippen molar-refractivity contribution in [2.75, 3.05) is 21.0 Å². The molecule has 0 bridgehead atoms. The second-order valence-corrected chi connectivity index (χ2v) is 3.75. The molecule has 19 heavy (non-hydrogen) atoms. The first-order chi connectivity index (χ1) is 9.26. The molecule has 0 amide bonds. The third-order valence-corrected chi connectivity index (χ3v) is 2.53. The first-order valence-electron chi connectivity index (χ1n) is 5.67. The maximum absolute atomic E-state index is 14.0. The van der Waals surface area contributed by atoms with E-state index in [9.17, 15) is 4.39 Å². The van der Waals surface area contributed by atoms with Gasteiger partial charge in [-0.05, 0) is 24.3 Å². The molecular formula is C14H14FNO3. The first-order valence-corrected chi connectivity index (χ1v) is 5.67. The van der Waals surface area contributed by atoms with Crippen LogP contribution >= 0.6 is 0 Å². The fourth-order valence-corrected chi connectivity index (χ4v) is 1.65. The number of nitrogens with zero attached hydrogens (tertiary/aromatic N) is 1. The molecule has 2 aromatic rings. The lowest BCUT2D eigenvalue weighted by atomic mass is 10.1. The van der Waals surface area contributed by atoms with Gasteiger partial charge in [0.1, 0.15) is 23.0 Å². The van der Waals surface area contributed by atoms with Crippen LogP contribution in [0.4, 0.5) is 4.39 Å². The summed E-state index contributed by atoms with van der Waals surface area (Å²) in [5.74, 6) is 0.505. The van der Waals surface area contributed by atoms with Crippen LogP contribution in [0.1, 0.15) is 0 Å². The van der Waals surface area contributed by atoms with Gasteiger partial charge in [-0.2, -0.15) is 0 Å². The average Bonchev–Trinajstić information content (AvgIpc) is 2.45. The molecule has 1 aromatic heterocycles. The minimum Gasteiger partial charge on any atom is -0.497 e. The van der Waals surface area contributed by atoms with Gasteiger partial charge in [-0.3, -0.25) is 4.98 Å². The van der Waals surface area contributed by atoms with Crippen molar-refractivity contribution < 1.29 is 18.6 Å². The van der Waals surface area contributed by atoms with E-state index in [0.717, 1.165) is 0 Å². The van der Waals surface area contributed by atoms with Gasteiger partial charge >= 0.3 is 0 Å². The predicted molar refractivity (Wildman–Crippen MR) is 68.7 cm³/mol. The Bertz CT molecular complexity index is 560. The smallest absolute Gasteiger partial charge is 0.188 e. The van der Waals surface area contributed by atoms with Crippen molar-refractivity contribution in [3.63, 3.8) is 0 Å². The molecule has 0 aliphatic heterocycles. The van der Waals surface area contributed by atoms with Crippen molar-refractivity contribution in [2.24, 2.45) is 0 Å².